The minimum absolute atomic E-state index is 0.0525. The lowest BCUT2D eigenvalue weighted by molar-refractivity contribution is -0.931. The maximum absolute atomic E-state index is 11.9. The second kappa shape index (κ2) is 9.59. The first-order valence-electron chi connectivity index (χ1n) is 8.75. The molecular weight excluding hydrogens is 316 g/mol. The van der Waals surface area contributed by atoms with Crippen LogP contribution in [0.3, 0.4) is 0 Å². The van der Waals surface area contributed by atoms with Gasteiger partial charge in [-0.05, 0) is 25.7 Å². The number of quaternary nitrogens is 1. The highest BCUT2D eigenvalue weighted by molar-refractivity contribution is 7.86. The monoisotopic (exact) mass is 349 g/mol. The van der Waals surface area contributed by atoms with Crippen molar-refractivity contribution in [3.63, 3.8) is 0 Å². The van der Waals surface area contributed by atoms with Crippen LogP contribution in [-0.4, -0.2) is 64.4 Å². The third kappa shape index (κ3) is 7.18. The summed E-state index contributed by atoms with van der Waals surface area (Å²) in [5, 5.41) is 3.03. The van der Waals surface area contributed by atoms with Crippen LogP contribution in [0.2, 0.25) is 0 Å². The number of carbonyl (C=O) groups excluding carboxylic acids is 1. The SMILES string of the molecule is CCC(C)C(=O)NCC[N+]1(CCCS(=O)(=O)OC)CCCCC1. The quantitative estimate of drug-likeness (QED) is 0.479. The molecule has 1 atom stereocenters. The molecule has 6 nitrogen and oxygen atoms in total. The fourth-order valence-electron chi connectivity index (χ4n) is 3.18. The average molecular weight is 350 g/mol. The predicted octanol–water partition coefficient (Wildman–Crippen LogP) is 1.52. The summed E-state index contributed by atoms with van der Waals surface area (Å²) in [5.41, 5.74) is 0. The van der Waals surface area contributed by atoms with Crippen LogP contribution in [0.25, 0.3) is 0 Å². The minimum Gasteiger partial charge on any atom is -0.350 e. The van der Waals surface area contributed by atoms with Crippen LogP contribution in [0.5, 0.6) is 0 Å². The molecule has 1 heterocycles. The van der Waals surface area contributed by atoms with E-state index in [4.69, 9.17) is 0 Å². The molecule has 1 unspecified atom stereocenters. The van der Waals surface area contributed by atoms with Crippen molar-refractivity contribution in [3.05, 3.63) is 0 Å². The molecule has 0 aromatic rings. The maximum Gasteiger partial charge on any atom is 0.267 e. The lowest BCUT2D eigenvalue weighted by atomic mass is 10.1. The van der Waals surface area contributed by atoms with Crippen molar-refractivity contribution in [2.45, 2.75) is 46.0 Å². The van der Waals surface area contributed by atoms with E-state index in [1.165, 1.54) is 26.4 Å². The molecule has 1 aliphatic heterocycles. The Balaban J connectivity index is 2.49. The number of carbonyl (C=O) groups is 1. The lowest BCUT2D eigenvalue weighted by Gasteiger charge is -2.41. The number of piperidine rings is 1. The molecule has 0 radical (unpaired) electrons. The van der Waals surface area contributed by atoms with Crippen LogP contribution in [0.15, 0.2) is 0 Å². The highest BCUT2D eigenvalue weighted by Crippen LogP contribution is 2.19. The number of amides is 1. The van der Waals surface area contributed by atoms with Crippen LogP contribution >= 0.6 is 0 Å². The van der Waals surface area contributed by atoms with Gasteiger partial charge >= 0.3 is 0 Å². The van der Waals surface area contributed by atoms with E-state index in [1.54, 1.807) is 0 Å². The van der Waals surface area contributed by atoms with E-state index in [2.05, 4.69) is 9.50 Å². The first kappa shape index (κ1) is 20.4. The van der Waals surface area contributed by atoms with Crippen LogP contribution in [0, 0.1) is 5.92 Å². The van der Waals surface area contributed by atoms with Gasteiger partial charge in [-0.25, -0.2) is 0 Å². The number of hydrogen-bond acceptors (Lipinski definition) is 4. The van der Waals surface area contributed by atoms with E-state index in [0.29, 0.717) is 13.0 Å². The highest BCUT2D eigenvalue weighted by atomic mass is 32.2. The Bertz CT molecular complexity index is 459. The average Bonchev–Trinajstić information content (AvgIpc) is 2.54. The van der Waals surface area contributed by atoms with Crippen molar-refractivity contribution in [2.75, 3.05) is 45.6 Å². The zero-order chi connectivity index (χ0) is 17.3. The molecule has 1 rings (SSSR count). The molecule has 1 fully saturated rings. The van der Waals surface area contributed by atoms with Crippen LogP contribution in [0.4, 0.5) is 0 Å². The molecule has 23 heavy (non-hydrogen) atoms. The molecule has 0 spiro atoms. The first-order valence-corrected chi connectivity index (χ1v) is 10.3. The van der Waals surface area contributed by atoms with Crippen molar-refractivity contribution in [1.82, 2.24) is 5.32 Å². The van der Waals surface area contributed by atoms with Crippen LogP contribution in [0.1, 0.15) is 46.0 Å². The Morgan fingerprint density at radius 2 is 1.87 bits per heavy atom. The van der Waals surface area contributed by atoms with Crippen molar-refractivity contribution in [2.24, 2.45) is 5.92 Å². The first-order chi connectivity index (χ1) is 10.8. The summed E-state index contributed by atoms with van der Waals surface area (Å²) in [6.45, 7) is 8.49. The van der Waals surface area contributed by atoms with Gasteiger partial charge in [0.1, 0.15) is 0 Å². The van der Waals surface area contributed by atoms with Gasteiger partial charge in [0.2, 0.25) is 5.91 Å². The summed E-state index contributed by atoms with van der Waals surface area (Å²) < 4.78 is 28.4. The minimum atomic E-state index is -3.38. The van der Waals surface area contributed by atoms with Crippen molar-refractivity contribution in [3.8, 4) is 0 Å². The molecular formula is C16H33N2O4S+. The number of nitrogens with one attached hydrogen (secondary N) is 1. The smallest absolute Gasteiger partial charge is 0.267 e. The zero-order valence-electron chi connectivity index (χ0n) is 14.8. The Labute approximate surface area is 141 Å². The van der Waals surface area contributed by atoms with E-state index in [0.717, 1.165) is 37.1 Å². The largest absolute Gasteiger partial charge is 0.350 e. The van der Waals surface area contributed by atoms with E-state index in [9.17, 15) is 13.2 Å². The van der Waals surface area contributed by atoms with Gasteiger partial charge in [0, 0.05) is 12.3 Å². The van der Waals surface area contributed by atoms with E-state index >= 15 is 0 Å². The lowest BCUT2D eigenvalue weighted by Crippen LogP contribution is -2.55. The number of likely N-dealkylation sites (tertiary alicyclic amines) is 1. The molecule has 1 saturated heterocycles. The second-order valence-corrected chi connectivity index (χ2v) is 8.54. The summed E-state index contributed by atoms with van der Waals surface area (Å²) in [5.74, 6) is 0.240. The van der Waals surface area contributed by atoms with E-state index < -0.39 is 10.1 Å². The summed E-state index contributed by atoms with van der Waals surface area (Å²) in [4.78, 5) is 11.9. The van der Waals surface area contributed by atoms with E-state index in [1.807, 2.05) is 13.8 Å². The molecule has 0 aromatic heterocycles. The van der Waals surface area contributed by atoms with Crippen LogP contribution in [-0.2, 0) is 19.1 Å². The van der Waals surface area contributed by atoms with Gasteiger partial charge in [-0.3, -0.25) is 8.98 Å². The summed E-state index contributed by atoms with van der Waals surface area (Å²) in [6.07, 6.45) is 5.05. The van der Waals surface area contributed by atoms with Crippen molar-refractivity contribution >= 4 is 16.0 Å². The zero-order valence-corrected chi connectivity index (χ0v) is 15.7. The normalized spacial score (nSPS) is 19.3. The van der Waals surface area contributed by atoms with Crippen LogP contribution < -0.4 is 5.32 Å². The summed E-state index contributed by atoms with van der Waals surface area (Å²) in [6, 6.07) is 0. The van der Waals surface area contributed by atoms with Gasteiger partial charge in [0.15, 0.2) is 0 Å². The molecule has 0 aliphatic carbocycles. The molecule has 1 N–H and O–H groups in total. The molecule has 1 amide bonds. The Morgan fingerprint density at radius 3 is 2.43 bits per heavy atom. The second-order valence-electron chi connectivity index (χ2n) is 6.68. The number of rotatable bonds is 10. The third-order valence-electron chi connectivity index (χ3n) is 4.99. The van der Waals surface area contributed by atoms with Gasteiger partial charge < -0.3 is 9.80 Å². The number of nitrogens with zero attached hydrogens (tertiary/aromatic N) is 1. The van der Waals surface area contributed by atoms with Crippen molar-refractivity contribution < 1.29 is 21.9 Å². The molecule has 0 saturated carbocycles. The summed E-state index contributed by atoms with van der Waals surface area (Å²) in [7, 11) is -2.16. The van der Waals surface area contributed by atoms with E-state index in [-0.39, 0.29) is 17.6 Å². The molecule has 1 aliphatic rings. The molecule has 0 bridgehead atoms. The summed E-state index contributed by atoms with van der Waals surface area (Å²) >= 11 is 0. The highest BCUT2D eigenvalue weighted by Gasteiger charge is 2.30. The van der Waals surface area contributed by atoms with Gasteiger partial charge in [-0.2, -0.15) is 8.42 Å². The maximum atomic E-state index is 11.9. The number of hydrogen-bond donors (Lipinski definition) is 1. The Morgan fingerprint density at radius 1 is 1.22 bits per heavy atom. The molecule has 136 valence electrons. The predicted molar refractivity (Wildman–Crippen MR) is 91.5 cm³/mol. The van der Waals surface area contributed by atoms with Gasteiger partial charge in [0.25, 0.3) is 10.1 Å². The van der Waals surface area contributed by atoms with Gasteiger partial charge in [0.05, 0.1) is 45.6 Å². The topological polar surface area (TPSA) is 72.5 Å². The van der Waals surface area contributed by atoms with Gasteiger partial charge in [-0.1, -0.05) is 13.8 Å². The standard InChI is InChI=1S/C16H32N2O4S/c1-4-15(2)16(19)17-9-13-18(10-6-5-7-11-18)12-8-14-23(20,21)22-3/h15H,4-14H2,1-3H3/p+1. The molecule has 7 heteroatoms. The molecule has 0 aromatic carbocycles. The fraction of sp³-hybridized carbons (Fsp3) is 0.938. The van der Waals surface area contributed by atoms with Crippen molar-refractivity contribution in [1.29, 1.82) is 0 Å². The fourth-order valence-corrected chi connectivity index (χ4v) is 3.83. The Hall–Kier alpha value is -0.660. The third-order valence-corrected chi connectivity index (χ3v) is 6.29. The van der Waals surface area contributed by atoms with Gasteiger partial charge in [-0.15, -0.1) is 0 Å². The Kier molecular flexibility index (Phi) is 8.50.